The molecule has 1 aliphatic carbocycles. The van der Waals surface area contributed by atoms with Crippen molar-refractivity contribution in [3.8, 4) is 11.3 Å². The van der Waals surface area contributed by atoms with Crippen LogP contribution in [0, 0.1) is 0 Å². The molecule has 2 aromatic rings. The fraction of sp³-hybridized carbons (Fsp3) is 0.400. The van der Waals surface area contributed by atoms with Gasteiger partial charge in [-0.15, -0.1) is 0 Å². The average molecular weight is 242 g/mol. The number of hydrogen-bond donors (Lipinski definition) is 1. The highest BCUT2D eigenvalue weighted by Gasteiger charge is 2.14. The molecule has 1 aliphatic rings. The number of rotatable bonds is 3. The topological polar surface area (TPSA) is 52.0 Å². The maximum atomic E-state index is 5.59. The van der Waals surface area contributed by atoms with Crippen LogP contribution in [0.5, 0.6) is 0 Å². The molecule has 1 aromatic heterocycles. The number of fused-ring (bicyclic) bond motifs is 1. The van der Waals surface area contributed by atoms with E-state index in [2.05, 4.69) is 23.2 Å². The van der Waals surface area contributed by atoms with Crippen molar-refractivity contribution < 1.29 is 4.42 Å². The van der Waals surface area contributed by atoms with Crippen LogP contribution in [0.2, 0.25) is 0 Å². The van der Waals surface area contributed by atoms with Gasteiger partial charge in [0.15, 0.2) is 6.39 Å². The van der Waals surface area contributed by atoms with Crippen LogP contribution in [0.15, 0.2) is 29.0 Å². The molecular formula is C15H18N2O. The predicted molar refractivity (Wildman–Crippen MR) is 71.3 cm³/mol. The number of nitrogens with zero attached hydrogens (tertiary/aromatic N) is 1. The van der Waals surface area contributed by atoms with Gasteiger partial charge >= 0.3 is 0 Å². The lowest BCUT2D eigenvalue weighted by Gasteiger charge is -2.16. The van der Waals surface area contributed by atoms with E-state index in [0.29, 0.717) is 6.54 Å². The van der Waals surface area contributed by atoms with E-state index in [1.807, 2.05) is 0 Å². The lowest BCUT2D eigenvalue weighted by atomic mass is 9.90. The highest BCUT2D eigenvalue weighted by atomic mass is 16.3. The van der Waals surface area contributed by atoms with E-state index in [1.54, 1.807) is 0 Å². The SMILES string of the molecule is NCCc1ocnc1-c1ccc2c(c1)CCCC2. The van der Waals surface area contributed by atoms with Gasteiger partial charge in [0.2, 0.25) is 0 Å². The van der Waals surface area contributed by atoms with Crippen molar-refractivity contribution in [3.63, 3.8) is 0 Å². The first-order chi connectivity index (χ1) is 8.88. The summed E-state index contributed by atoms with van der Waals surface area (Å²) in [5.74, 6) is 0.897. The Hall–Kier alpha value is -1.61. The maximum Gasteiger partial charge on any atom is 0.181 e. The fourth-order valence-electron chi connectivity index (χ4n) is 2.70. The van der Waals surface area contributed by atoms with Gasteiger partial charge in [-0.2, -0.15) is 0 Å². The number of aromatic nitrogens is 1. The minimum atomic E-state index is 0.590. The molecule has 0 unspecified atom stereocenters. The summed E-state index contributed by atoms with van der Waals surface area (Å²) in [5.41, 5.74) is 10.7. The summed E-state index contributed by atoms with van der Waals surface area (Å²) in [5, 5.41) is 0. The van der Waals surface area contributed by atoms with Crippen molar-refractivity contribution in [3.05, 3.63) is 41.5 Å². The molecule has 0 saturated heterocycles. The molecule has 94 valence electrons. The third kappa shape index (κ3) is 2.06. The fourth-order valence-corrected chi connectivity index (χ4v) is 2.70. The van der Waals surface area contributed by atoms with Crippen LogP contribution in [-0.2, 0) is 19.3 Å². The van der Waals surface area contributed by atoms with Gasteiger partial charge in [0, 0.05) is 12.0 Å². The standard InChI is InChI=1S/C15H18N2O/c16-8-7-14-15(17-10-18-14)13-6-5-11-3-1-2-4-12(11)9-13/h5-6,9-10H,1-4,7-8,16H2. The summed E-state index contributed by atoms with van der Waals surface area (Å²) < 4.78 is 5.41. The molecule has 1 aromatic carbocycles. The van der Waals surface area contributed by atoms with Gasteiger partial charge in [-0.1, -0.05) is 12.1 Å². The minimum absolute atomic E-state index is 0.590. The highest BCUT2D eigenvalue weighted by Crippen LogP contribution is 2.28. The second kappa shape index (κ2) is 4.94. The molecule has 2 N–H and O–H groups in total. The molecule has 3 rings (SSSR count). The van der Waals surface area contributed by atoms with Crippen LogP contribution in [0.25, 0.3) is 11.3 Å². The number of nitrogens with two attached hydrogens (primary N) is 1. The molecule has 1 heterocycles. The van der Waals surface area contributed by atoms with Crippen molar-refractivity contribution in [1.82, 2.24) is 4.98 Å². The normalized spacial score (nSPS) is 14.5. The van der Waals surface area contributed by atoms with E-state index in [-0.39, 0.29) is 0 Å². The van der Waals surface area contributed by atoms with Crippen molar-refractivity contribution in [2.75, 3.05) is 6.54 Å². The summed E-state index contributed by atoms with van der Waals surface area (Å²) in [6.45, 7) is 0.590. The number of aryl methyl sites for hydroxylation is 2. The summed E-state index contributed by atoms with van der Waals surface area (Å²) in [7, 11) is 0. The highest BCUT2D eigenvalue weighted by molar-refractivity contribution is 5.63. The van der Waals surface area contributed by atoms with Gasteiger partial charge in [-0.25, -0.2) is 4.98 Å². The van der Waals surface area contributed by atoms with E-state index in [0.717, 1.165) is 23.4 Å². The average Bonchev–Trinajstić information content (AvgIpc) is 2.87. The van der Waals surface area contributed by atoms with E-state index in [4.69, 9.17) is 10.2 Å². The second-order valence-corrected chi connectivity index (χ2v) is 4.85. The number of benzene rings is 1. The zero-order valence-electron chi connectivity index (χ0n) is 10.5. The molecule has 0 fully saturated rings. The summed E-state index contributed by atoms with van der Waals surface area (Å²) >= 11 is 0. The zero-order chi connectivity index (χ0) is 12.4. The molecule has 0 amide bonds. The van der Waals surface area contributed by atoms with Crippen LogP contribution in [0.1, 0.15) is 29.7 Å². The molecule has 18 heavy (non-hydrogen) atoms. The lowest BCUT2D eigenvalue weighted by Crippen LogP contribution is -2.04. The Morgan fingerprint density at radius 3 is 2.83 bits per heavy atom. The summed E-state index contributed by atoms with van der Waals surface area (Å²) in [6, 6.07) is 6.67. The molecule has 3 nitrogen and oxygen atoms in total. The van der Waals surface area contributed by atoms with Gasteiger partial charge in [-0.05, 0) is 49.4 Å². The van der Waals surface area contributed by atoms with Gasteiger partial charge in [0.25, 0.3) is 0 Å². The van der Waals surface area contributed by atoms with Crippen LogP contribution in [0.4, 0.5) is 0 Å². The van der Waals surface area contributed by atoms with Gasteiger partial charge in [-0.3, -0.25) is 0 Å². The molecule has 0 atom stereocenters. The maximum absolute atomic E-state index is 5.59. The third-order valence-electron chi connectivity index (χ3n) is 3.63. The first kappa shape index (κ1) is 11.5. The Kier molecular flexibility index (Phi) is 3.15. The Morgan fingerprint density at radius 1 is 1.17 bits per heavy atom. The summed E-state index contributed by atoms with van der Waals surface area (Å²) in [4.78, 5) is 4.33. The van der Waals surface area contributed by atoms with Gasteiger partial charge < -0.3 is 10.2 Å². The Balaban J connectivity index is 1.98. The monoisotopic (exact) mass is 242 g/mol. The smallest absolute Gasteiger partial charge is 0.181 e. The first-order valence-corrected chi connectivity index (χ1v) is 6.63. The minimum Gasteiger partial charge on any atom is -0.448 e. The molecule has 0 aliphatic heterocycles. The molecule has 0 radical (unpaired) electrons. The number of hydrogen-bond acceptors (Lipinski definition) is 3. The zero-order valence-corrected chi connectivity index (χ0v) is 10.5. The van der Waals surface area contributed by atoms with E-state index < -0.39 is 0 Å². The molecule has 0 spiro atoms. The molecule has 3 heteroatoms. The van der Waals surface area contributed by atoms with Crippen LogP contribution in [0.3, 0.4) is 0 Å². The van der Waals surface area contributed by atoms with Gasteiger partial charge in [0.1, 0.15) is 11.5 Å². The molecular weight excluding hydrogens is 224 g/mol. The molecule has 0 bridgehead atoms. The van der Waals surface area contributed by atoms with Gasteiger partial charge in [0.05, 0.1) is 0 Å². The van der Waals surface area contributed by atoms with E-state index >= 15 is 0 Å². The lowest BCUT2D eigenvalue weighted by molar-refractivity contribution is 0.506. The van der Waals surface area contributed by atoms with Crippen LogP contribution >= 0.6 is 0 Å². The summed E-state index contributed by atoms with van der Waals surface area (Å²) in [6.07, 6.45) is 7.27. The van der Waals surface area contributed by atoms with Crippen molar-refractivity contribution in [1.29, 1.82) is 0 Å². The van der Waals surface area contributed by atoms with Crippen LogP contribution in [-0.4, -0.2) is 11.5 Å². The predicted octanol–water partition coefficient (Wildman–Crippen LogP) is 2.72. The Morgan fingerprint density at radius 2 is 2.00 bits per heavy atom. The quantitative estimate of drug-likeness (QED) is 0.900. The molecule has 0 saturated carbocycles. The van der Waals surface area contributed by atoms with Crippen molar-refractivity contribution >= 4 is 0 Å². The Labute approximate surface area is 107 Å². The first-order valence-electron chi connectivity index (χ1n) is 6.63. The largest absolute Gasteiger partial charge is 0.448 e. The third-order valence-corrected chi connectivity index (χ3v) is 3.63. The van der Waals surface area contributed by atoms with Crippen molar-refractivity contribution in [2.45, 2.75) is 32.1 Å². The van der Waals surface area contributed by atoms with E-state index in [1.165, 1.54) is 43.2 Å². The van der Waals surface area contributed by atoms with Crippen LogP contribution < -0.4 is 5.73 Å². The van der Waals surface area contributed by atoms with Crippen molar-refractivity contribution in [2.24, 2.45) is 5.73 Å². The second-order valence-electron chi connectivity index (χ2n) is 4.85. The van der Waals surface area contributed by atoms with E-state index in [9.17, 15) is 0 Å². The number of oxazole rings is 1. The Bertz CT molecular complexity index is 545.